The third kappa shape index (κ3) is 4.43. The van der Waals surface area contributed by atoms with Gasteiger partial charge in [-0.2, -0.15) is 0 Å². The van der Waals surface area contributed by atoms with Crippen LogP contribution in [0.5, 0.6) is 11.5 Å². The molecule has 1 aromatic carbocycles. The van der Waals surface area contributed by atoms with E-state index in [2.05, 4.69) is 10.6 Å². The highest BCUT2D eigenvalue weighted by Crippen LogP contribution is 2.37. The van der Waals surface area contributed by atoms with Gasteiger partial charge in [0.25, 0.3) is 0 Å². The molecule has 1 amide bonds. The first-order chi connectivity index (χ1) is 11.7. The van der Waals surface area contributed by atoms with Crippen LogP contribution in [0.4, 0.5) is 0 Å². The van der Waals surface area contributed by atoms with Crippen molar-refractivity contribution in [3.05, 3.63) is 46.9 Å². The highest BCUT2D eigenvalue weighted by Gasteiger charge is 2.15. The smallest absolute Gasteiger partial charge is 0.234 e. The van der Waals surface area contributed by atoms with Gasteiger partial charge in [0.2, 0.25) is 5.91 Å². The van der Waals surface area contributed by atoms with Crippen LogP contribution in [-0.4, -0.2) is 25.7 Å². The van der Waals surface area contributed by atoms with Gasteiger partial charge >= 0.3 is 0 Å². The quantitative estimate of drug-likeness (QED) is 0.837. The second-order valence-corrected chi connectivity index (χ2v) is 5.82. The molecule has 0 saturated carbocycles. The van der Waals surface area contributed by atoms with E-state index < -0.39 is 0 Å². The predicted octanol–water partition coefficient (Wildman–Crippen LogP) is 2.50. The fourth-order valence-electron chi connectivity index (χ4n) is 2.37. The Balaban J connectivity index is 1.48. The van der Waals surface area contributed by atoms with Crippen molar-refractivity contribution in [1.29, 1.82) is 0 Å². The fourth-order valence-corrected chi connectivity index (χ4v) is 2.66. The number of hydrogen-bond acceptors (Lipinski definition) is 5. The van der Waals surface area contributed by atoms with Gasteiger partial charge in [-0.25, -0.2) is 0 Å². The summed E-state index contributed by atoms with van der Waals surface area (Å²) in [5.74, 6) is 1.86. The second kappa shape index (κ2) is 8.08. The summed E-state index contributed by atoms with van der Waals surface area (Å²) in [6.07, 6.45) is 2.40. The number of nitrogens with one attached hydrogen (secondary N) is 2. The first-order valence-corrected chi connectivity index (χ1v) is 8.18. The molecule has 0 radical (unpaired) electrons. The summed E-state index contributed by atoms with van der Waals surface area (Å²) in [7, 11) is 0. The van der Waals surface area contributed by atoms with E-state index >= 15 is 0 Å². The van der Waals surface area contributed by atoms with Gasteiger partial charge in [0.1, 0.15) is 5.76 Å². The minimum absolute atomic E-state index is 0.105. The molecule has 7 heteroatoms. The third-order valence-corrected chi connectivity index (χ3v) is 3.80. The Labute approximate surface area is 145 Å². The third-order valence-electron chi connectivity index (χ3n) is 3.52. The van der Waals surface area contributed by atoms with Crippen molar-refractivity contribution >= 4 is 17.5 Å². The Morgan fingerprint density at radius 3 is 2.92 bits per heavy atom. The molecule has 1 aliphatic heterocycles. The number of benzene rings is 1. The Kier molecular flexibility index (Phi) is 5.61. The van der Waals surface area contributed by atoms with Crippen molar-refractivity contribution in [2.75, 3.05) is 19.8 Å². The molecule has 0 fully saturated rings. The van der Waals surface area contributed by atoms with Gasteiger partial charge in [0, 0.05) is 13.0 Å². The summed E-state index contributed by atoms with van der Waals surface area (Å²) in [6.45, 7) is 2.29. The van der Waals surface area contributed by atoms with Gasteiger partial charge < -0.3 is 24.5 Å². The van der Waals surface area contributed by atoms with Crippen LogP contribution in [0.15, 0.2) is 34.9 Å². The molecule has 2 aromatic rings. The zero-order chi connectivity index (χ0) is 16.8. The predicted molar refractivity (Wildman–Crippen MR) is 89.3 cm³/mol. The molecule has 3 rings (SSSR count). The lowest BCUT2D eigenvalue weighted by Gasteiger charge is -2.12. The number of carbonyl (C=O) groups excluding carboxylic acids is 1. The Hall–Kier alpha value is -2.18. The Morgan fingerprint density at radius 2 is 2.08 bits per heavy atom. The van der Waals surface area contributed by atoms with E-state index in [1.54, 1.807) is 12.3 Å². The van der Waals surface area contributed by atoms with E-state index in [-0.39, 0.29) is 12.5 Å². The number of ether oxygens (including phenoxy) is 2. The van der Waals surface area contributed by atoms with Crippen LogP contribution < -0.4 is 20.1 Å². The van der Waals surface area contributed by atoms with Crippen molar-refractivity contribution in [3.8, 4) is 11.5 Å². The number of halogens is 1. The van der Waals surface area contributed by atoms with Crippen LogP contribution in [-0.2, 0) is 17.9 Å². The molecule has 0 spiro atoms. The van der Waals surface area contributed by atoms with E-state index in [4.69, 9.17) is 25.5 Å². The lowest BCUT2D eigenvalue weighted by Crippen LogP contribution is -2.33. The fraction of sp³-hybridized carbons (Fsp3) is 0.353. The van der Waals surface area contributed by atoms with Gasteiger partial charge in [-0.15, -0.1) is 0 Å². The lowest BCUT2D eigenvalue weighted by molar-refractivity contribution is -0.120. The molecule has 24 heavy (non-hydrogen) atoms. The molecule has 128 valence electrons. The summed E-state index contributed by atoms with van der Waals surface area (Å²) in [4.78, 5) is 11.8. The van der Waals surface area contributed by atoms with Gasteiger partial charge in [-0.1, -0.05) is 11.6 Å². The molecule has 0 bridgehead atoms. The van der Waals surface area contributed by atoms with Gasteiger partial charge in [-0.05, 0) is 29.8 Å². The monoisotopic (exact) mass is 350 g/mol. The van der Waals surface area contributed by atoms with Crippen molar-refractivity contribution < 1.29 is 18.7 Å². The molecule has 0 unspecified atom stereocenters. The van der Waals surface area contributed by atoms with Gasteiger partial charge in [0.05, 0.1) is 37.6 Å². The minimum atomic E-state index is -0.105. The summed E-state index contributed by atoms with van der Waals surface area (Å²) < 4.78 is 16.4. The SMILES string of the molecule is O=C(CNCc1cc(Cl)c2c(c1)OCCCO2)NCc1ccco1. The first kappa shape index (κ1) is 16.7. The first-order valence-electron chi connectivity index (χ1n) is 7.80. The largest absolute Gasteiger partial charge is 0.489 e. The zero-order valence-electron chi connectivity index (χ0n) is 13.1. The van der Waals surface area contributed by atoms with E-state index in [0.29, 0.717) is 42.8 Å². The van der Waals surface area contributed by atoms with Crippen molar-refractivity contribution in [3.63, 3.8) is 0 Å². The molecular formula is C17H19ClN2O4. The lowest BCUT2D eigenvalue weighted by atomic mass is 10.2. The standard InChI is InChI=1S/C17H19ClN2O4/c18-14-7-12(8-15-17(14)24-6-2-5-23-15)9-19-11-16(21)20-10-13-3-1-4-22-13/h1,3-4,7-8,19H,2,5-6,9-11H2,(H,20,21). The number of carbonyl (C=O) groups is 1. The maximum atomic E-state index is 11.8. The maximum Gasteiger partial charge on any atom is 0.234 e. The summed E-state index contributed by atoms with van der Waals surface area (Å²) in [5.41, 5.74) is 0.933. The van der Waals surface area contributed by atoms with Crippen molar-refractivity contribution in [2.24, 2.45) is 0 Å². The second-order valence-electron chi connectivity index (χ2n) is 5.42. The molecule has 1 aliphatic rings. The Bertz CT molecular complexity index is 688. The van der Waals surface area contributed by atoms with E-state index in [9.17, 15) is 4.79 Å². The van der Waals surface area contributed by atoms with Crippen LogP contribution >= 0.6 is 11.6 Å². The van der Waals surface area contributed by atoms with E-state index in [1.807, 2.05) is 18.2 Å². The van der Waals surface area contributed by atoms with Gasteiger partial charge in [0.15, 0.2) is 11.5 Å². The molecule has 1 aromatic heterocycles. The number of furan rings is 1. The summed E-state index contributed by atoms with van der Waals surface area (Å²) >= 11 is 6.25. The summed E-state index contributed by atoms with van der Waals surface area (Å²) in [6, 6.07) is 7.31. The van der Waals surface area contributed by atoms with Crippen LogP contribution in [0.25, 0.3) is 0 Å². The molecule has 6 nitrogen and oxygen atoms in total. The van der Waals surface area contributed by atoms with Crippen LogP contribution in [0.1, 0.15) is 17.7 Å². The number of hydrogen-bond donors (Lipinski definition) is 2. The van der Waals surface area contributed by atoms with Crippen molar-refractivity contribution in [1.82, 2.24) is 10.6 Å². The minimum Gasteiger partial charge on any atom is -0.489 e. The van der Waals surface area contributed by atoms with Crippen LogP contribution in [0.3, 0.4) is 0 Å². The average Bonchev–Trinajstić information content (AvgIpc) is 2.97. The summed E-state index contributed by atoms with van der Waals surface area (Å²) in [5, 5.41) is 6.38. The van der Waals surface area contributed by atoms with Crippen molar-refractivity contribution in [2.45, 2.75) is 19.5 Å². The molecule has 2 heterocycles. The molecule has 2 N–H and O–H groups in total. The highest BCUT2D eigenvalue weighted by molar-refractivity contribution is 6.32. The maximum absolute atomic E-state index is 11.8. The molecule has 0 aliphatic carbocycles. The van der Waals surface area contributed by atoms with Gasteiger partial charge in [-0.3, -0.25) is 4.79 Å². The van der Waals surface area contributed by atoms with E-state index in [0.717, 1.165) is 17.7 Å². The molecule has 0 atom stereocenters. The zero-order valence-corrected chi connectivity index (χ0v) is 13.9. The Morgan fingerprint density at radius 1 is 1.21 bits per heavy atom. The normalized spacial score (nSPS) is 13.4. The number of rotatable bonds is 6. The molecule has 0 saturated heterocycles. The van der Waals surface area contributed by atoms with E-state index in [1.165, 1.54) is 0 Å². The number of fused-ring (bicyclic) bond motifs is 1. The molecular weight excluding hydrogens is 332 g/mol. The topological polar surface area (TPSA) is 72.7 Å². The average molecular weight is 351 g/mol. The van der Waals surface area contributed by atoms with Crippen LogP contribution in [0, 0.1) is 0 Å². The number of amides is 1. The van der Waals surface area contributed by atoms with Crippen LogP contribution in [0.2, 0.25) is 5.02 Å². The highest BCUT2D eigenvalue weighted by atomic mass is 35.5.